The van der Waals surface area contributed by atoms with Gasteiger partial charge in [0.15, 0.2) is 17.1 Å². The number of methoxy groups -OCH3 is 2. The summed E-state index contributed by atoms with van der Waals surface area (Å²) in [5.74, 6) is 3.11. The van der Waals surface area contributed by atoms with Crippen molar-refractivity contribution in [3.63, 3.8) is 0 Å². The summed E-state index contributed by atoms with van der Waals surface area (Å²) in [7, 11) is 3.09. The first kappa shape index (κ1) is 23.2. The fraction of sp³-hybridized carbons (Fsp3) is 0.208. The van der Waals surface area contributed by atoms with Crippen molar-refractivity contribution in [1.82, 2.24) is 5.16 Å². The Hall–Kier alpha value is -3.47. The third-order valence-electron chi connectivity index (χ3n) is 4.92. The Balaban J connectivity index is 1.97. The van der Waals surface area contributed by atoms with E-state index in [1.165, 1.54) is 13.3 Å². The Labute approximate surface area is 191 Å². The highest BCUT2D eigenvalue weighted by atomic mass is 35.5. The van der Waals surface area contributed by atoms with Gasteiger partial charge in [-0.05, 0) is 48.7 Å². The minimum absolute atomic E-state index is 0.0714. The van der Waals surface area contributed by atoms with Gasteiger partial charge < -0.3 is 18.7 Å². The Bertz CT molecular complexity index is 1120. The average molecular weight is 454 g/mol. The maximum Gasteiger partial charge on any atom is 0.263 e. The predicted octanol–water partition coefficient (Wildman–Crippen LogP) is 4.72. The van der Waals surface area contributed by atoms with Crippen LogP contribution in [0.4, 0.5) is 5.88 Å². The standard InChI is InChI=1S/C24H22ClN2O5/c1-5-13-31-24(6-2,17-8-10-18(25)11-9-17)23(28)27-22-19(15-26-32-22)16-7-12-20(29-3)21(14-16)30-4/h1,7-12,14-15H,2,6,13H2,3-4H3,(H,27,28). The second-order valence-corrected chi connectivity index (χ2v) is 7.11. The fourth-order valence-corrected chi connectivity index (χ4v) is 3.36. The van der Waals surface area contributed by atoms with E-state index >= 15 is 0 Å². The number of nitrogens with zero attached hydrogens (tertiary/aromatic N) is 1. The van der Waals surface area contributed by atoms with Gasteiger partial charge in [0, 0.05) is 5.02 Å². The molecule has 0 fully saturated rings. The highest BCUT2D eigenvalue weighted by molar-refractivity contribution is 6.30. The third kappa shape index (κ3) is 4.57. The molecule has 3 rings (SSSR count). The fourth-order valence-electron chi connectivity index (χ4n) is 3.24. The van der Waals surface area contributed by atoms with Crippen LogP contribution >= 0.6 is 11.6 Å². The first-order valence-electron chi connectivity index (χ1n) is 9.60. The zero-order valence-electron chi connectivity index (χ0n) is 17.7. The molecule has 32 heavy (non-hydrogen) atoms. The van der Waals surface area contributed by atoms with Crippen LogP contribution in [-0.4, -0.2) is 31.9 Å². The molecule has 3 aromatic rings. The highest BCUT2D eigenvalue weighted by Gasteiger charge is 2.40. The van der Waals surface area contributed by atoms with Gasteiger partial charge in [0.25, 0.3) is 5.91 Å². The van der Waals surface area contributed by atoms with Gasteiger partial charge in [-0.25, -0.2) is 0 Å². The lowest BCUT2D eigenvalue weighted by Crippen LogP contribution is -2.42. The Kier molecular flexibility index (Phi) is 7.41. The van der Waals surface area contributed by atoms with Crippen LogP contribution in [0, 0.1) is 19.3 Å². The average Bonchev–Trinajstić information content (AvgIpc) is 3.28. The molecule has 0 saturated heterocycles. The van der Waals surface area contributed by atoms with Crippen LogP contribution in [0.5, 0.6) is 11.5 Å². The van der Waals surface area contributed by atoms with E-state index in [1.807, 2.05) is 0 Å². The van der Waals surface area contributed by atoms with Crippen molar-refractivity contribution >= 4 is 23.4 Å². The van der Waals surface area contributed by atoms with Crippen molar-refractivity contribution in [1.29, 1.82) is 0 Å². The molecular formula is C24H22ClN2O5. The molecule has 0 aliphatic heterocycles. The van der Waals surface area contributed by atoms with Crippen molar-refractivity contribution in [3.8, 4) is 35.0 Å². The number of aromatic nitrogens is 1. The number of terminal acetylenes is 1. The molecule has 1 aromatic heterocycles. The van der Waals surface area contributed by atoms with Crippen LogP contribution in [0.15, 0.2) is 53.2 Å². The van der Waals surface area contributed by atoms with Crippen molar-refractivity contribution in [3.05, 3.63) is 66.2 Å². The molecule has 7 nitrogen and oxygen atoms in total. The smallest absolute Gasteiger partial charge is 0.263 e. The summed E-state index contributed by atoms with van der Waals surface area (Å²) in [6, 6.07) is 12.0. The molecule has 0 aliphatic carbocycles. The third-order valence-corrected chi connectivity index (χ3v) is 5.18. The van der Waals surface area contributed by atoms with E-state index < -0.39 is 11.5 Å². The van der Waals surface area contributed by atoms with E-state index in [0.29, 0.717) is 33.2 Å². The molecule has 165 valence electrons. The second-order valence-electron chi connectivity index (χ2n) is 6.67. The van der Waals surface area contributed by atoms with Crippen molar-refractivity contribution in [2.45, 2.75) is 12.0 Å². The van der Waals surface area contributed by atoms with Gasteiger partial charge in [0.05, 0.1) is 26.0 Å². The maximum atomic E-state index is 13.5. The number of ether oxygens (including phenoxy) is 3. The second kappa shape index (κ2) is 10.2. The summed E-state index contributed by atoms with van der Waals surface area (Å²) in [4.78, 5) is 13.5. The Morgan fingerprint density at radius 2 is 1.94 bits per heavy atom. The highest BCUT2D eigenvalue weighted by Crippen LogP contribution is 2.37. The van der Waals surface area contributed by atoms with Gasteiger partial charge in [-0.2, -0.15) is 0 Å². The Morgan fingerprint density at radius 3 is 2.56 bits per heavy atom. The van der Waals surface area contributed by atoms with Crippen LogP contribution < -0.4 is 14.8 Å². The normalized spacial score (nSPS) is 12.5. The van der Waals surface area contributed by atoms with Gasteiger partial charge in [-0.15, -0.1) is 6.42 Å². The SMILES string of the molecule is C#CCOC(C[CH2])(C(=O)Nc1oncc1-c1ccc(OC)c(OC)c1)c1ccc(Cl)cc1. The molecule has 1 unspecified atom stereocenters. The quantitative estimate of drug-likeness (QED) is 0.472. The van der Waals surface area contributed by atoms with Gasteiger partial charge >= 0.3 is 0 Å². The molecule has 0 saturated carbocycles. The Morgan fingerprint density at radius 1 is 1.22 bits per heavy atom. The molecule has 2 aromatic carbocycles. The molecule has 1 N–H and O–H groups in total. The van der Waals surface area contributed by atoms with Crippen LogP contribution in [0.2, 0.25) is 5.02 Å². The molecule has 0 spiro atoms. The number of benzene rings is 2. The van der Waals surface area contributed by atoms with Gasteiger partial charge in [0.1, 0.15) is 6.61 Å². The zero-order valence-corrected chi connectivity index (χ0v) is 18.4. The number of hydrogen-bond donors (Lipinski definition) is 1. The van der Waals surface area contributed by atoms with E-state index in [1.54, 1.807) is 49.6 Å². The number of amides is 1. The minimum atomic E-state index is -1.46. The number of rotatable bonds is 9. The number of nitrogens with one attached hydrogen (secondary N) is 1. The lowest BCUT2D eigenvalue weighted by Gasteiger charge is -2.31. The van der Waals surface area contributed by atoms with Gasteiger partial charge in [-0.3, -0.25) is 10.1 Å². The molecule has 0 bridgehead atoms. The van der Waals surface area contributed by atoms with Crippen molar-refractivity contribution in [2.75, 3.05) is 26.1 Å². The molecule has 1 amide bonds. The first-order chi connectivity index (χ1) is 15.5. The summed E-state index contributed by atoms with van der Waals surface area (Å²) in [5, 5.41) is 7.12. The molecular weight excluding hydrogens is 432 g/mol. The molecule has 0 aliphatic rings. The summed E-state index contributed by atoms with van der Waals surface area (Å²) in [6.45, 7) is 3.83. The summed E-state index contributed by atoms with van der Waals surface area (Å²) in [5.41, 5.74) is 0.344. The van der Waals surface area contributed by atoms with Crippen LogP contribution in [0.1, 0.15) is 12.0 Å². The lowest BCUT2D eigenvalue weighted by molar-refractivity contribution is -0.141. The van der Waals surface area contributed by atoms with Crippen molar-refractivity contribution in [2.24, 2.45) is 0 Å². The van der Waals surface area contributed by atoms with Crippen LogP contribution in [0.25, 0.3) is 11.1 Å². The zero-order chi connectivity index (χ0) is 23.1. The topological polar surface area (TPSA) is 82.8 Å². The largest absolute Gasteiger partial charge is 0.493 e. The maximum absolute atomic E-state index is 13.5. The first-order valence-corrected chi connectivity index (χ1v) is 9.98. The van der Waals surface area contributed by atoms with Crippen LogP contribution in [-0.2, 0) is 15.1 Å². The van der Waals surface area contributed by atoms with E-state index in [4.69, 9.17) is 36.8 Å². The number of carbonyl (C=O) groups excluding carboxylic acids is 1. The lowest BCUT2D eigenvalue weighted by atomic mass is 9.89. The van der Waals surface area contributed by atoms with E-state index in [-0.39, 0.29) is 18.9 Å². The molecule has 8 heteroatoms. The van der Waals surface area contributed by atoms with E-state index in [9.17, 15) is 4.79 Å². The number of hydrogen-bond acceptors (Lipinski definition) is 6. The summed E-state index contributed by atoms with van der Waals surface area (Å²) in [6.07, 6.45) is 6.95. The summed E-state index contributed by atoms with van der Waals surface area (Å²) >= 11 is 6.01. The molecule has 1 radical (unpaired) electrons. The predicted molar refractivity (Wildman–Crippen MR) is 122 cm³/mol. The van der Waals surface area contributed by atoms with Crippen molar-refractivity contribution < 1.29 is 23.5 Å². The molecule has 1 heterocycles. The monoisotopic (exact) mass is 453 g/mol. The van der Waals surface area contributed by atoms with E-state index in [2.05, 4.69) is 23.3 Å². The number of carbonyl (C=O) groups is 1. The molecule has 1 atom stereocenters. The van der Waals surface area contributed by atoms with Gasteiger partial charge in [-0.1, -0.05) is 40.9 Å². The van der Waals surface area contributed by atoms with E-state index in [0.717, 1.165) is 0 Å². The number of anilines is 1. The number of halogens is 1. The minimum Gasteiger partial charge on any atom is -0.493 e. The van der Waals surface area contributed by atoms with Gasteiger partial charge in [0.2, 0.25) is 5.88 Å². The summed E-state index contributed by atoms with van der Waals surface area (Å²) < 4.78 is 21.8. The van der Waals surface area contributed by atoms with Crippen LogP contribution in [0.3, 0.4) is 0 Å².